The zero-order valence-corrected chi connectivity index (χ0v) is 19.6. The van der Waals surface area contributed by atoms with E-state index in [1.807, 2.05) is 4.98 Å². The fourth-order valence-electron chi connectivity index (χ4n) is 3.85. The van der Waals surface area contributed by atoms with Gasteiger partial charge in [-0.1, -0.05) is 12.2 Å². The van der Waals surface area contributed by atoms with Crippen LogP contribution in [0.3, 0.4) is 0 Å². The third-order valence-electron chi connectivity index (χ3n) is 5.37. The average molecular weight is 540 g/mol. The lowest BCUT2D eigenvalue weighted by Gasteiger charge is -2.36. The molecule has 35 heavy (non-hydrogen) atoms. The first-order valence-electron chi connectivity index (χ1n) is 9.57. The number of carboxylic acid groups (broad SMARTS) is 4. The number of aliphatic carboxylic acids is 4. The molecule has 5 N–H and O–H groups in total. The van der Waals surface area contributed by atoms with Crippen LogP contribution in [0, 0.1) is 11.8 Å². The maximum absolute atomic E-state index is 12.4. The fourth-order valence-corrected chi connectivity index (χ4v) is 4.76. The van der Waals surface area contributed by atoms with Gasteiger partial charge in [-0.15, -0.1) is 0 Å². The summed E-state index contributed by atoms with van der Waals surface area (Å²) in [6, 6.07) is 0.906. The highest BCUT2D eigenvalue weighted by Crippen LogP contribution is 2.50. The molecule has 1 aromatic heterocycles. The molecular formula is C17H21N2O14PS. The van der Waals surface area contributed by atoms with E-state index in [-0.39, 0.29) is 0 Å². The van der Waals surface area contributed by atoms with Gasteiger partial charge in [-0.3, -0.25) is 38.1 Å². The SMILES string of the molecule is CO[C@H]1C(O[PH](=O)S)C(CC(C(=O)O)C(=O)O)(CC(C(=O)O)C(=O)O)O[C@H]1n1ccc(=O)[nH]c1=O. The van der Waals surface area contributed by atoms with Gasteiger partial charge >= 0.3 is 29.6 Å². The average Bonchev–Trinajstić information content (AvgIpc) is 3.01. The normalized spacial score (nSPS) is 22.2. The largest absolute Gasteiger partial charge is 0.481 e. The van der Waals surface area contributed by atoms with Gasteiger partial charge < -0.3 is 34.4 Å². The van der Waals surface area contributed by atoms with Crippen LogP contribution in [0.15, 0.2) is 21.9 Å². The molecule has 16 nitrogen and oxygen atoms in total. The topological polar surface area (TPSA) is 249 Å². The van der Waals surface area contributed by atoms with Crippen LogP contribution < -0.4 is 11.2 Å². The van der Waals surface area contributed by atoms with E-state index in [9.17, 15) is 53.8 Å². The molecule has 4 atom stereocenters. The molecule has 1 aromatic rings. The van der Waals surface area contributed by atoms with Crippen molar-refractivity contribution in [3.05, 3.63) is 33.1 Å². The first kappa shape index (κ1) is 28.3. The lowest BCUT2D eigenvalue weighted by atomic mass is 9.78. The number of hydrogen-bond acceptors (Lipinski definition) is 10. The Labute approximate surface area is 200 Å². The van der Waals surface area contributed by atoms with Crippen LogP contribution in [0.2, 0.25) is 0 Å². The summed E-state index contributed by atoms with van der Waals surface area (Å²) >= 11 is 3.66. The summed E-state index contributed by atoms with van der Waals surface area (Å²) < 4.78 is 29.1. The molecule has 194 valence electrons. The van der Waals surface area contributed by atoms with Gasteiger partial charge in [0.2, 0.25) is 7.23 Å². The molecule has 2 rings (SSSR count). The molecule has 2 unspecified atom stereocenters. The molecule has 1 fully saturated rings. The second-order valence-corrected chi connectivity index (χ2v) is 9.32. The number of hydrogen-bond donors (Lipinski definition) is 6. The van der Waals surface area contributed by atoms with Crippen LogP contribution in [0.1, 0.15) is 19.1 Å². The third kappa shape index (κ3) is 6.18. The number of ether oxygens (including phenoxy) is 2. The Morgan fingerprint density at radius 1 is 1.11 bits per heavy atom. The molecule has 0 spiro atoms. The lowest BCUT2D eigenvalue weighted by Crippen LogP contribution is -2.50. The van der Waals surface area contributed by atoms with E-state index in [4.69, 9.17) is 14.0 Å². The number of methoxy groups -OCH3 is 1. The number of nitrogens with one attached hydrogen (secondary N) is 1. The third-order valence-corrected chi connectivity index (χ3v) is 6.14. The maximum Gasteiger partial charge on any atom is 0.330 e. The van der Waals surface area contributed by atoms with Crippen LogP contribution in [-0.2, 0) is 37.7 Å². The Morgan fingerprint density at radius 3 is 1.97 bits per heavy atom. The van der Waals surface area contributed by atoms with Gasteiger partial charge in [0.05, 0.1) is 0 Å². The lowest BCUT2D eigenvalue weighted by molar-refractivity contribution is -0.170. The van der Waals surface area contributed by atoms with Crippen LogP contribution in [0.5, 0.6) is 0 Å². The Kier molecular flexibility index (Phi) is 9.02. The molecule has 1 aliphatic rings. The molecule has 0 amide bonds. The molecule has 0 bridgehead atoms. The highest BCUT2D eigenvalue weighted by Gasteiger charge is 2.61. The fraction of sp³-hybridized carbons (Fsp3) is 0.529. The number of carbonyl (C=O) groups is 4. The van der Waals surface area contributed by atoms with E-state index in [2.05, 4.69) is 12.2 Å². The molecule has 1 saturated heterocycles. The van der Waals surface area contributed by atoms with Crippen molar-refractivity contribution in [3.8, 4) is 0 Å². The van der Waals surface area contributed by atoms with Crippen LogP contribution >= 0.6 is 19.5 Å². The molecule has 2 heterocycles. The summed E-state index contributed by atoms with van der Waals surface area (Å²) in [5, 5.41) is 37.7. The van der Waals surface area contributed by atoms with E-state index < -0.39 is 91.1 Å². The van der Waals surface area contributed by atoms with Crippen molar-refractivity contribution in [1.29, 1.82) is 0 Å². The second-order valence-electron chi connectivity index (χ2n) is 7.46. The van der Waals surface area contributed by atoms with Gasteiger partial charge in [-0.25, -0.2) is 4.79 Å². The standard InChI is InChI=1S/C17H21N2O14PS/c1-31-9-10(33-34(30)35)17(4-6(12(21)22)13(23)24,5-7(14(25)26)15(27)28)32-11(9)19-3-2-8(20)18-16(19)29/h2-3,6-7,9-11,34H,4-5H2,1H3,(H,21,22)(H,23,24)(H,25,26)(H,27,28)(H,30,35)(H,18,20,29)/t9-,10?,11+/m0/s1. The Bertz CT molecular complexity index is 1090. The Balaban J connectivity index is 2.79. The van der Waals surface area contributed by atoms with Crippen LogP contribution in [-0.4, -0.2) is 78.8 Å². The van der Waals surface area contributed by atoms with Crippen molar-refractivity contribution < 1.29 is 58.2 Å². The minimum Gasteiger partial charge on any atom is -0.481 e. The Hall–Kier alpha value is -2.98. The molecule has 18 heteroatoms. The van der Waals surface area contributed by atoms with Gasteiger partial charge in [-0.05, 0) is 0 Å². The van der Waals surface area contributed by atoms with E-state index in [1.165, 1.54) is 0 Å². The van der Waals surface area contributed by atoms with E-state index in [0.717, 1.165) is 23.9 Å². The number of nitrogens with zero attached hydrogens (tertiary/aromatic N) is 1. The summed E-state index contributed by atoms with van der Waals surface area (Å²) in [6.07, 6.45) is -6.08. The number of carboxylic acids is 4. The summed E-state index contributed by atoms with van der Waals surface area (Å²) in [5.41, 5.74) is -4.25. The minimum absolute atomic E-state index is 0.747. The van der Waals surface area contributed by atoms with Gasteiger partial charge in [-0.2, -0.15) is 0 Å². The predicted octanol–water partition coefficient (Wildman–Crippen LogP) is -1.13. The van der Waals surface area contributed by atoms with E-state index >= 15 is 0 Å². The summed E-state index contributed by atoms with van der Waals surface area (Å²) in [5.74, 6) is -12.0. The van der Waals surface area contributed by atoms with Crippen molar-refractivity contribution in [2.75, 3.05) is 7.11 Å². The molecule has 0 aliphatic carbocycles. The monoisotopic (exact) mass is 540 g/mol. The summed E-state index contributed by atoms with van der Waals surface area (Å²) in [6.45, 7) is 0. The molecule has 0 aromatic carbocycles. The molecule has 0 saturated carbocycles. The Morgan fingerprint density at radius 2 is 1.60 bits per heavy atom. The van der Waals surface area contributed by atoms with Gasteiger partial charge in [0.15, 0.2) is 18.1 Å². The van der Waals surface area contributed by atoms with Gasteiger partial charge in [0, 0.05) is 32.2 Å². The zero-order chi connectivity index (χ0) is 26.7. The van der Waals surface area contributed by atoms with Crippen molar-refractivity contribution in [1.82, 2.24) is 9.55 Å². The van der Waals surface area contributed by atoms with Gasteiger partial charge in [0.25, 0.3) is 5.56 Å². The van der Waals surface area contributed by atoms with Crippen molar-refractivity contribution in [2.24, 2.45) is 11.8 Å². The number of aromatic amines is 1. The van der Waals surface area contributed by atoms with Crippen LogP contribution in [0.4, 0.5) is 0 Å². The minimum atomic E-state index is -3.25. The van der Waals surface area contributed by atoms with E-state index in [1.54, 1.807) is 0 Å². The second kappa shape index (κ2) is 11.2. The molecule has 0 radical (unpaired) electrons. The summed E-state index contributed by atoms with van der Waals surface area (Å²) in [7, 11) is -2.18. The quantitative estimate of drug-likeness (QED) is 0.104. The molecular weight excluding hydrogens is 519 g/mol. The first-order chi connectivity index (χ1) is 16.2. The number of aromatic nitrogens is 2. The van der Waals surface area contributed by atoms with Crippen molar-refractivity contribution in [2.45, 2.75) is 36.9 Å². The smallest absolute Gasteiger partial charge is 0.330 e. The highest BCUT2D eigenvalue weighted by molar-refractivity contribution is 8.39. The molecule has 1 aliphatic heterocycles. The van der Waals surface area contributed by atoms with Crippen molar-refractivity contribution in [3.63, 3.8) is 0 Å². The van der Waals surface area contributed by atoms with Crippen LogP contribution in [0.25, 0.3) is 0 Å². The number of H-pyrrole nitrogens is 1. The van der Waals surface area contributed by atoms with Crippen molar-refractivity contribution >= 4 is 43.4 Å². The number of rotatable bonds is 12. The highest BCUT2D eigenvalue weighted by atomic mass is 32.7. The predicted molar refractivity (Wildman–Crippen MR) is 115 cm³/mol. The number of thiol groups is 1. The summed E-state index contributed by atoms with van der Waals surface area (Å²) in [4.78, 5) is 72.3. The maximum atomic E-state index is 12.4. The van der Waals surface area contributed by atoms with E-state index in [0.29, 0.717) is 0 Å². The first-order valence-corrected chi connectivity index (χ1v) is 12.2. The van der Waals surface area contributed by atoms with Gasteiger partial charge in [0.1, 0.15) is 17.8 Å². The zero-order valence-electron chi connectivity index (χ0n) is 17.7.